The highest BCUT2D eigenvalue weighted by atomic mass is 16.5. The first kappa shape index (κ1) is 17.8. The Morgan fingerprint density at radius 2 is 1.93 bits per heavy atom. The minimum atomic E-state index is -0.713. The quantitative estimate of drug-likeness (QED) is 0.706. The van der Waals surface area contributed by atoms with E-state index in [4.69, 9.17) is 9.15 Å². The SMILES string of the molecule is C[C@H]1CC(=O)Nc2ccccc2N1C(=O)COC(=O)c1cc2ccccc2o1. The van der Waals surface area contributed by atoms with Gasteiger partial charge in [-0.2, -0.15) is 0 Å². The highest BCUT2D eigenvalue weighted by Gasteiger charge is 2.30. The predicted molar refractivity (Wildman–Crippen MR) is 103 cm³/mol. The fraction of sp³-hybridized carbons (Fsp3) is 0.190. The molecule has 0 saturated carbocycles. The smallest absolute Gasteiger partial charge is 0.374 e. The van der Waals surface area contributed by atoms with Crippen molar-refractivity contribution in [1.29, 1.82) is 0 Å². The maximum atomic E-state index is 12.8. The standard InChI is InChI=1S/C21H18N2O5/c1-13-10-19(24)22-15-7-3-4-8-16(15)23(13)20(25)12-27-21(26)18-11-14-6-2-5-9-17(14)28-18/h2-9,11,13H,10,12H2,1H3,(H,22,24)/t13-/m0/s1. The number of hydrogen-bond acceptors (Lipinski definition) is 5. The molecule has 0 saturated heterocycles. The van der Waals surface area contributed by atoms with Gasteiger partial charge in [-0.05, 0) is 31.2 Å². The highest BCUT2D eigenvalue weighted by Crippen LogP contribution is 2.31. The number of nitrogens with zero attached hydrogens (tertiary/aromatic N) is 1. The number of benzene rings is 2. The minimum Gasteiger partial charge on any atom is -0.450 e. The van der Waals surface area contributed by atoms with Gasteiger partial charge < -0.3 is 19.4 Å². The summed E-state index contributed by atoms with van der Waals surface area (Å²) >= 11 is 0. The fourth-order valence-corrected chi connectivity index (χ4v) is 3.32. The molecule has 0 unspecified atom stereocenters. The van der Waals surface area contributed by atoms with Crippen molar-refractivity contribution in [3.63, 3.8) is 0 Å². The number of carbonyl (C=O) groups excluding carboxylic acids is 3. The number of hydrogen-bond donors (Lipinski definition) is 1. The fourth-order valence-electron chi connectivity index (χ4n) is 3.32. The summed E-state index contributed by atoms with van der Waals surface area (Å²) in [6, 6.07) is 15.4. The van der Waals surface area contributed by atoms with E-state index in [9.17, 15) is 14.4 Å². The summed E-state index contributed by atoms with van der Waals surface area (Å²) in [6.45, 7) is 1.32. The lowest BCUT2D eigenvalue weighted by molar-refractivity contribution is -0.122. The lowest BCUT2D eigenvalue weighted by Gasteiger charge is -2.27. The molecule has 1 N–H and O–H groups in total. The summed E-state index contributed by atoms with van der Waals surface area (Å²) < 4.78 is 10.6. The Hall–Kier alpha value is -3.61. The molecular formula is C21H18N2O5. The molecule has 7 nitrogen and oxygen atoms in total. The van der Waals surface area contributed by atoms with E-state index in [0.717, 1.165) is 5.39 Å². The number of anilines is 2. The van der Waals surface area contributed by atoms with Crippen molar-refractivity contribution in [2.75, 3.05) is 16.8 Å². The van der Waals surface area contributed by atoms with Crippen molar-refractivity contribution < 1.29 is 23.5 Å². The van der Waals surface area contributed by atoms with E-state index in [0.29, 0.717) is 17.0 Å². The summed E-state index contributed by atoms with van der Waals surface area (Å²) in [4.78, 5) is 38.6. The van der Waals surface area contributed by atoms with Gasteiger partial charge in [0.1, 0.15) is 5.58 Å². The average molecular weight is 378 g/mol. The van der Waals surface area contributed by atoms with E-state index in [1.165, 1.54) is 4.90 Å². The van der Waals surface area contributed by atoms with Crippen LogP contribution in [0.5, 0.6) is 0 Å². The highest BCUT2D eigenvalue weighted by molar-refractivity contribution is 6.05. The van der Waals surface area contributed by atoms with Crippen LogP contribution in [0.25, 0.3) is 11.0 Å². The van der Waals surface area contributed by atoms with Crippen LogP contribution in [-0.2, 0) is 14.3 Å². The van der Waals surface area contributed by atoms with Gasteiger partial charge in [0, 0.05) is 17.8 Å². The van der Waals surface area contributed by atoms with Gasteiger partial charge in [0.05, 0.1) is 11.4 Å². The number of para-hydroxylation sites is 3. The second kappa shape index (κ2) is 7.19. The van der Waals surface area contributed by atoms with Crippen LogP contribution in [0.2, 0.25) is 0 Å². The van der Waals surface area contributed by atoms with Crippen LogP contribution >= 0.6 is 0 Å². The average Bonchev–Trinajstić information content (AvgIpc) is 3.06. The van der Waals surface area contributed by atoms with Crippen LogP contribution in [0.15, 0.2) is 59.0 Å². The van der Waals surface area contributed by atoms with Crippen molar-refractivity contribution >= 4 is 40.1 Å². The van der Waals surface area contributed by atoms with Gasteiger partial charge in [0.15, 0.2) is 6.61 Å². The molecule has 0 spiro atoms. The number of rotatable bonds is 3. The summed E-state index contributed by atoms with van der Waals surface area (Å²) in [6.07, 6.45) is 0.151. The van der Waals surface area contributed by atoms with Gasteiger partial charge in [-0.25, -0.2) is 4.79 Å². The molecule has 1 aromatic heterocycles. The van der Waals surface area contributed by atoms with E-state index in [2.05, 4.69) is 5.32 Å². The number of fused-ring (bicyclic) bond motifs is 2. The summed E-state index contributed by atoms with van der Waals surface area (Å²) in [5.74, 6) is -1.26. The van der Waals surface area contributed by atoms with E-state index in [1.54, 1.807) is 49.4 Å². The molecule has 28 heavy (non-hydrogen) atoms. The first-order valence-corrected chi connectivity index (χ1v) is 8.89. The van der Waals surface area contributed by atoms with Crippen LogP contribution in [0.1, 0.15) is 23.9 Å². The Balaban J connectivity index is 1.51. The first-order valence-electron chi connectivity index (χ1n) is 8.89. The number of carbonyl (C=O) groups is 3. The topological polar surface area (TPSA) is 88.9 Å². The third kappa shape index (κ3) is 3.34. The molecule has 142 valence electrons. The van der Waals surface area contributed by atoms with Gasteiger partial charge in [0.2, 0.25) is 11.7 Å². The Bertz CT molecular complexity index is 1040. The molecule has 3 aromatic rings. The number of amides is 2. The van der Waals surface area contributed by atoms with E-state index >= 15 is 0 Å². The zero-order chi connectivity index (χ0) is 19.7. The molecule has 2 amide bonds. The number of nitrogens with one attached hydrogen (secondary N) is 1. The second-order valence-corrected chi connectivity index (χ2v) is 6.61. The maximum Gasteiger partial charge on any atom is 0.374 e. The number of esters is 1. The van der Waals surface area contributed by atoms with Crippen LogP contribution in [0.4, 0.5) is 11.4 Å². The molecule has 0 aliphatic carbocycles. The molecule has 1 atom stereocenters. The largest absolute Gasteiger partial charge is 0.450 e. The first-order chi connectivity index (χ1) is 13.5. The van der Waals surface area contributed by atoms with Gasteiger partial charge >= 0.3 is 5.97 Å². The van der Waals surface area contributed by atoms with Crippen LogP contribution in [-0.4, -0.2) is 30.4 Å². The lowest BCUT2D eigenvalue weighted by Crippen LogP contribution is -2.41. The van der Waals surface area contributed by atoms with Crippen molar-refractivity contribution in [2.24, 2.45) is 0 Å². The normalized spacial score (nSPS) is 16.2. The van der Waals surface area contributed by atoms with Crippen molar-refractivity contribution in [1.82, 2.24) is 0 Å². The molecule has 2 heterocycles. The molecule has 0 radical (unpaired) electrons. The molecule has 1 aliphatic heterocycles. The Labute approximate surface area is 160 Å². The molecule has 0 fully saturated rings. The minimum absolute atomic E-state index is 0.0372. The Kier molecular flexibility index (Phi) is 4.57. The maximum absolute atomic E-state index is 12.8. The third-order valence-electron chi connectivity index (χ3n) is 4.58. The Morgan fingerprint density at radius 1 is 1.18 bits per heavy atom. The molecule has 7 heteroatoms. The van der Waals surface area contributed by atoms with Crippen LogP contribution in [0, 0.1) is 0 Å². The summed E-state index contributed by atoms with van der Waals surface area (Å²) in [5.41, 5.74) is 1.69. The number of ether oxygens (including phenoxy) is 1. The second-order valence-electron chi connectivity index (χ2n) is 6.61. The van der Waals surface area contributed by atoms with Gasteiger partial charge in [-0.15, -0.1) is 0 Å². The van der Waals surface area contributed by atoms with Crippen LogP contribution in [0.3, 0.4) is 0 Å². The van der Waals surface area contributed by atoms with Gasteiger partial charge in [-0.1, -0.05) is 30.3 Å². The molecular weight excluding hydrogens is 360 g/mol. The monoisotopic (exact) mass is 378 g/mol. The zero-order valence-electron chi connectivity index (χ0n) is 15.2. The van der Waals surface area contributed by atoms with Crippen LogP contribution < -0.4 is 10.2 Å². The molecule has 2 aromatic carbocycles. The van der Waals surface area contributed by atoms with Crippen molar-refractivity contribution in [3.8, 4) is 0 Å². The Morgan fingerprint density at radius 3 is 2.75 bits per heavy atom. The van der Waals surface area contributed by atoms with Gasteiger partial charge in [0.25, 0.3) is 5.91 Å². The van der Waals surface area contributed by atoms with Gasteiger partial charge in [-0.3, -0.25) is 9.59 Å². The van der Waals surface area contributed by atoms with Crippen molar-refractivity contribution in [3.05, 3.63) is 60.4 Å². The molecule has 4 rings (SSSR count). The zero-order valence-corrected chi connectivity index (χ0v) is 15.2. The van der Waals surface area contributed by atoms with E-state index in [1.807, 2.05) is 12.1 Å². The third-order valence-corrected chi connectivity index (χ3v) is 4.58. The van der Waals surface area contributed by atoms with Crippen molar-refractivity contribution in [2.45, 2.75) is 19.4 Å². The van der Waals surface area contributed by atoms with E-state index in [-0.39, 0.29) is 24.1 Å². The summed E-state index contributed by atoms with van der Waals surface area (Å²) in [5, 5.41) is 3.57. The lowest BCUT2D eigenvalue weighted by atomic mass is 10.1. The molecule has 1 aliphatic rings. The predicted octanol–water partition coefficient (Wildman–Crippen LogP) is 3.35. The number of furan rings is 1. The summed E-state index contributed by atoms with van der Waals surface area (Å²) in [7, 11) is 0. The molecule has 0 bridgehead atoms. The van der Waals surface area contributed by atoms with E-state index < -0.39 is 18.5 Å².